The number of carbonyl (C=O) groups is 3. The zero-order chi connectivity index (χ0) is 26.4. The molecular weight excluding hydrogens is 454 g/mol. The number of unbranched alkanes of at least 4 members (excludes halogenated alkanes) is 1. The number of benzene rings is 1. The summed E-state index contributed by atoms with van der Waals surface area (Å²) in [5.74, 6) is -1.16. The minimum atomic E-state index is -1.51. The molecule has 0 aliphatic carbocycles. The van der Waals surface area contributed by atoms with Gasteiger partial charge in [-0.1, -0.05) is 57.0 Å². The quantitative estimate of drug-likeness (QED) is 0.150. The van der Waals surface area contributed by atoms with Crippen LogP contribution in [0, 0.1) is 0 Å². The third kappa shape index (κ3) is 12.0. The van der Waals surface area contributed by atoms with E-state index < -0.39 is 48.0 Å². The van der Waals surface area contributed by atoms with Crippen molar-refractivity contribution in [3.63, 3.8) is 0 Å². The van der Waals surface area contributed by atoms with E-state index >= 15 is 0 Å². The molecule has 0 saturated carbocycles. The molecule has 0 aliphatic heterocycles. The molecule has 1 aromatic rings. The van der Waals surface area contributed by atoms with Gasteiger partial charge in [-0.05, 0) is 39.2 Å². The molecular formula is C25H41N3O7. The third-order valence-electron chi connectivity index (χ3n) is 4.93. The Morgan fingerprint density at radius 2 is 1.66 bits per heavy atom. The van der Waals surface area contributed by atoms with Crippen LogP contribution in [-0.2, 0) is 19.1 Å². The zero-order valence-corrected chi connectivity index (χ0v) is 21.4. The molecule has 0 aromatic heterocycles. The molecule has 0 bridgehead atoms. The predicted molar refractivity (Wildman–Crippen MR) is 131 cm³/mol. The van der Waals surface area contributed by atoms with Crippen LogP contribution < -0.4 is 16.0 Å². The lowest BCUT2D eigenvalue weighted by Crippen LogP contribution is -2.55. The van der Waals surface area contributed by atoms with Crippen LogP contribution in [0.2, 0.25) is 0 Å². The summed E-state index contributed by atoms with van der Waals surface area (Å²) in [6, 6.07) is 6.89. The highest BCUT2D eigenvalue weighted by molar-refractivity contribution is 5.86. The second-order valence-corrected chi connectivity index (χ2v) is 9.29. The van der Waals surface area contributed by atoms with Gasteiger partial charge in [-0.3, -0.25) is 10.1 Å². The van der Waals surface area contributed by atoms with Crippen molar-refractivity contribution in [2.24, 2.45) is 0 Å². The van der Waals surface area contributed by atoms with Crippen molar-refractivity contribution in [3.05, 3.63) is 35.9 Å². The number of nitrogens with one attached hydrogen (secondary N) is 3. The topological polar surface area (TPSA) is 146 Å². The van der Waals surface area contributed by atoms with Crippen LogP contribution in [-0.4, -0.2) is 65.3 Å². The lowest BCUT2D eigenvalue weighted by molar-refractivity contribution is -0.148. The number of hydrogen-bond donors (Lipinski definition) is 5. The second-order valence-electron chi connectivity index (χ2n) is 9.29. The van der Waals surface area contributed by atoms with Crippen molar-refractivity contribution < 1.29 is 34.1 Å². The minimum Gasteiger partial charge on any atom is -0.464 e. The Morgan fingerprint density at radius 3 is 2.23 bits per heavy atom. The molecule has 0 aliphatic rings. The fourth-order valence-corrected chi connectivity index (χ4v) is 3.17. The summed E-state index contributed by atoms with van der Waals surface area (Å²) in [5, 5.41) is 28.6. The van der Waals surface area contributed by atoms with Crippen LogP contribution in [0.25, 0.3) is 0 Å². The number of esters is 1. The fourth-order valence-electron chi connectivity index (χ4n) is 3.17. The van der Waals surface area contributed by atoms with Crippen molar-refractivity contribution in [3.8, 4) is 0 Å². The molecule has 4 atom stereocenters. The van der Waals surface area contributed by atoms with Gasteiger partial charge in [0.2, 0.25) is 5.91 Å². The van der Waals surface area contributed by atoms with Crippen LogP contribution in [0.5, 0.6) is 0 Å². The molecule has 0 saturated heterocycles. The molecule has 1 rings (SSSR count). The molecule has 2 amide bonds. The highest BCUT2D eigenvalue weighted by Gasteiger charge is 2.30. The number of ether oxygens (including phenoxy) is 2. The molecule has 0 radical (unpaired) electrons. The van der Waals surface area contributed by atoms with Crippen molar-refractivity contribution >= 4 is 18.0 Å². The highest BCUT2D eigenvalue weighted by atomic mass is 16.6. The van der Waals surface area contributed by atoms with Gasteiger partial charge in [0.05, 0.1) is 19.2 Å². The molecule has 198 valence electrons. The van der Waals surface area contributed by atoms with Gasteiger partial charge >= 0.3 is 12.1 Å². The van der Waals surface area contributed by atoms with Crippen molar-refractivity contribution in [1.29, 1.82) is 0 Å². The number of aliphatic hydroxyl groups is 2. The maximum absolute atomic E-state index is 12.6. The van der Waals surface area contributed by atoms with Crippen LogP contribution in [0.4, 0.5) is 4.79 Å². The second kappa shape index (κ2) is 15.3. The summed E-state index contributed by atoms with van der Waals surface area (Å²) in [5.41, 5.74) is -0.152. The van der Waals surface area contributed by atoms with E-state index in [0.29, 0.717) is 24.8 Å². The summed E-state index contributed by atoms with van der Waals surface area (Å²) in [6.07, 6.45) is -1.05. The Hall–Kier alpha value is -2.69. The first-order valence-corrected chi connectivity index (χ1v) is 12.1. The molecule has 1 aromatic carbocycles. The summed E-state index contributed by atoms with van der Waals surface area (Å²) in [7, 11) is 0. The van der Waals surface area contributed by atoms with Gasteiger partial charge in [0.15, 0.2) is 6.04 Å². The normalized spacial score (nSPS) is 14.8. The Balaban J connectivity index is 2.72. The van der Waals surface area contributed by atoms with Gasteiger partial charge in [-0.25, -0.2) is 9.59 Å². The summed E-state index contributed by atoms with van der Waals surface area (Å²) < 4.78 is 10.5. The van der Waals surface area contributed by atoms with Crippen LogP contribution in [0.3, 0.4) is 0 Å². The largest absolute Gasteiger partial charge is 0.464 e. The summed E-state index contributed by atoms with van der Waals surface area (Å²) in [6.45, 7) is 8.87. The van der Waals surface area contributed by atoms with Crippen molar-refractivity contribution in [2.75, 3.05) is 13.2 Å². The molecule has 5 N–H and O–H groups in total. The number of hydrogen-bond acceptors (Lipinski definition) is 8. The molecule has 2 unspecified atom stereocenters. The van der Waals surface area contributed by atoms with E-state index in [2.05, 4.69) is 16.0 Å². The van der Waals surface area contributed by atoms with Gasteiger partial charge in [-0.2, -0.15) is 0 Å². The van der Waals surface area contributed by atoms with Gasteiger partial charge in [0, 0.05) is 0 Å². The minimum absolute atomic E-state index is 0.251. The smallest absolute Gasteiger partial charge is 0.407 e. The van der Waals surface area contributed by atoms with E-state index in [4.69, 9.17) is 9.47 Å². The molecule has 0 fully saturated rings. The number of amides is 2. The molecule has 0 heterocycles. The summed E-state index contributed by atoms with van der Waals surface area (Å²) >= 11 is 0. The van der Waals surface area contributed by atoms with E-state index in [1.807, 2.05) is 13.8 Å². The van der Waals surface area contributed by atoms with Crippen molar-refractivity contribution in [2.45, 2.75) is 90.3 Å². The van der Waals surface area contributed by atoms with E-state index in [1.54, 1.807) is 51.1 Å². The fraction of sp³-hybridized carbons (Fsp3) is 0.640. The first kappa shape index (κ1) is 30.3. The molecule has 10 nitrogen and oxygen atoms in total. The van der Waals surface area contributed by atoms with E-state index in [9.17, 15) is 24.6 Å². The Kier molecular flexibility index (Phi) is 13.3. The Morgan fingerprint density at radius 1 is 1.00 bits per heavy atom. The van der Waals surface area contributed by atoms with Gasteiger partial charge in [0.25, 0.3) is 0 Å². The van der Waals surface area contributed by atoms with Crippen LogP contribution in [0.15, 0.2) is 30.3 Å². The highest BCUT2D eigenvalue weighted by Crippen LogP contribution is 2.15. The first-order chi connectivity index (χ1) is 16.5. The number of rotatable bonds is 14. The predicted octanol–water partition coefficient (Wildman–Crippen LogP) is 2.15. The van der Waals surface area contributed by atoms with Crippen molar-refractivity contribution in [1.82, 2.24) is 16.0 Å². The van der Waals surface area contributed by atoms with Gasteiger partial charge in [0.1, 0.15) is 17.9 Å². The van der Waals surface area contributed by atoms with Crippen LogP contribution in [0.1, 0.15) is 71.9 Å². The number of aliphatic hydroxyl groups excluding tert-OH is 2. The number of carbonyl (C=O) groups excluding carboxylic acids is 3. The first-order valence-electron chi connectivity index (χ1n) is 12.1. The monoisotopic (exact) mass is 495 g/mol. The lowest BCUT2D eigenvalue weighted by Gasteiger charge is -2.29. The maximum atomic E-state index is 12.6. The number of alkyl carbamates (subject to hydrolysis) is 1. The van der Waals surface area contributed by atoms with Gasteiger partial charge in [-0.15, -0.1) is 0 Å². The average molecular weight is 496 g/mol. The zero-order valence-electron chi connectivity index (χ0n) is 21.4. The Labute approximate surface area is 207 Å². The summed E-state index contributed by atoms with van der Waals surface area (Å²) in [4.78, 5) is 37.2. The standard InChI is InChI=1S/C25H41N3O7/c1-6-8-15-34-23(32)20(17-13-10-9-11-14-17)28-19(29)16-26-22(31)21(30)18(12-7-2)27-24(33)35-25(3,4)5/h9-11,13-14,18,20-22,26,30-31H,6-8,12,15-16H2,1-5H3,(H,27,33)(H,28,29)/t18?,20-,21?,22-/m0/s1. The van der Waals surface area contributed by atoms with E-state index in [1.165, 1.54) is 0 Å². The Bertz CT molecular complexity index is 783. The van der Waals surface area contributed by atoms with Crippen LogP contribution >= 0.6 is 0 Å². The molecule has 10 heteroatoms. The maximum Gasteiger partial charge on any atom is 0.407 e. The molecule has 0 spiro atoms. The SMILES string of the molecule is CCCCOC(=O)[C@@H](NC(=O)CN[C@@H](O)C(O)C(CCC)NC(=O)OC(C)(C)C)c1ccccc1. The van der Waals surface area contributed by atoms with E-state index in [0.717, 1.165) is 6.42 Å². The average Bonchev–Trinajstić information content (AvgIpc) is 2.79. The molecule has 35 heavy (non-hydrogen) atoms. The third-order valence-corrected chi connectivity index (χ3v) is 4.93. The lowest BCUT2D eigenvalue weighted by atomic mass is 10.0. The van der Waals surface area contributed by atoms with Gasteiger partial charge < -0.3 is 30.3 Å². The van der Waals surface area contributed by atoms with E-state index in [-0.39, 0.29) is 13.2 Å².